The fourth-order valence-electron chi connectivity index (χ4n) is 2.15. The Bertz CT molecular complexity index is 407. The van der Waals surface area contributed by atoms with E-state index in [0.29, 0.717) is 18.2 Å². The quantitative estimate of drug-likeness (QED) is 0.833. The van der Waals surface area contributed by atoms with Crippen LogP contribution in [-0.4, -0.2) is 48.0 Å². The van der Waals surface area contributed by atoms with Crippen LogP contribution in [0.15, 0.2) is 6.20 Å². The summed E-state index contributed by atoms with van der Waals surface area (Å²) in [7, 11) is 5.74. The fourth-order valence-corrected chi connectivity index (χ4v) is 2.40. The molecule has 6 heteroatoms. The summed E-state index contributed by atoms with van der Waals surface area (Å²) in [4.78, 5) is 2.14. The fraction of sp³-hybridized carbons (Fsp3) is 0.769. The van der Waals surface area contributed by atoms with Crippen molar-refractivity contribution < 1.29 is 4.74 Å². The van der Waals surface area contributed by atoms with E-state index in [4.69, 9.17) is 22.1 Å². The summed E-state index contributed by atoms with van der Waals surface area (Å²) in [5, 5.41) is 4.90. The molecule has 5 nitrogen and oxygen atoms in total. The van der Waals surface area contributed by atoms with E-state index in [1.807, 2.05) is 18.8 Å². The maximum Gasteiger partial charge on any atom is 0.0834 e. The topological polar surface area (TPSA) is 56.3 Å². The molecular weight excluding hydrogens is 264 g/mol. The lowest BCUT2D eigenvalue weighted by molar-refractivity contribution is 0.125. The number of rotatable bonds is 7. The smallest absolute Gasteiger partial charge is 0.0834 e. The van der Waals surface area contributed by atoms with Gasteiger partial charge in [0, 0.05) is 12.6 Å². The summed E-state index contributed by atoms with van der Waals surface area (Å²) in [6.07, 6.45) is 2.57. The minimum atomic E-state index is -0.209. The van der Waals surface area contributed by atoms with Crippen LogP contribution in [0.25, 0.3) is 0 Å². The summed E-state index contributed by atoms with van der Waals surface area (Å²) >= 11 is 6.26. The van der Waals surface area contributed by atoms with E-state index >= 15 is 0 Å². The lowest BCUT2D eigenvalue weighted by atomic mass is 9.86. The molecule has 0 aliphatic carbocycles. The molecule has 2 unspecified atom stereocenters. The molecule has 2 N–H and O–H groups in total. The van der Waals surface area contributed by atoms with E-state index in [1.165, 1.54) is 0 Å². The molecule has 1 aromatic heterocycles. The number of hydrogen-bond acceptors (Lipinski definition) is 4. The van der Waals surface area contributed by atoms with Gasteiger partial charge in [-0.1, -0.05) is 18.5 Å². The summed E-state index contributed by atoms with van der Waals surface area (Å²) in [6, 6.07) is -0.209. The average Bonchev–Trinajstić information content (AvgIpc) is 2.75. The lowest BCUT2D eigenvalue weighted by Gasteiger charge is -2.41. The van der Waals surface area contributed by atoms with E-state index in [1.54, 1.807) is 13.3 Å². The molecule has 1 heterocycles. The van der Waals surface area contributed by atoms with Crippen molar-refractivity contribution in [1.82, 2.24) is 14.7 Å². The van der Waals surface area contributed by atoms with Crippen LogP contribution in [0, 0.1) is 0 Å². The molecule has 0 amide bonds. The van der Waals surface area contributed by atoms with E-state index in [-0.39, 0.29) is 11.6 Å². The van der Waals surface area contributed by atoms with Gasteiger partial charge >= 0.3 is 0 Å². The largest absolute Gasteiger partial charge is 0.383 e. The molecular formula is C13H25ClN4O. The number of ether oxygens (including phenoxy) is 1. The third-order valence-electron chi connectivity index (χ3n) is 4.04. The minimum absolute atomic E-state index is 0.172. The van der Waals surface area contributed by atoms with Gasteiger partial charge in [0.15, 0.2) is 0 Å². The second kappa shape index (κ2) is 6.70. The zero-order chi connectivity index (χ0) is 14.6. The third-order valence-corrected chi connectivity index (χ3v) is 4.33. The standard InChI is InChI=1S/C13H25ClN4O/c1-6-13(2,17(3)4)12(15)11-10(14)9-16-18(11)7-8-19-5/h9,12H,6-8,15H2,1-5H3. The minimum Gasteiger partial charge on any atom is -0.383 e. The summed E-state index contributed by atoms with van der Waals surface area (Å²) in [5.74, 6) is 0. The molecule has 0 aliphatic heterocycles. The van der Waals surface area contributed by atoms with Gasteiger partial charge in [0.1, 0.15) is 0 Å². The van der Waals surface area contributed by atoms with E-state index in [0.717, 1.165) is 12.1 Å². The van der Waals surface area contributed by atoms with Crippen molar-refractivity contribution in [2.45, 2.75) is 38.4 Å². The number of aromatic nitrogens is 2. The highest BCUT2D eigenvalue weighted by Crippen LogP contribution is 2.34. The molecule has 0 saturated carbocycles. The number of likely N-dealkylation sites (N-methyl/N-ethyl adjacent to an activating group) is 1. The first-order chi connectivity index (χ1) is 8.88. The van der Waals surface area contributed by atoms with Crippen molar-refractivity contribution in [3.63, 3.8) is 0 Å². The number of nitrogens with two attached hydrogens (primary N) is 1. The molecule has 0 aromatic carbocycles. The van der Waals surface area contributed by atoms with E-state index < -0.39 is 0 Å². The van der Waals surface area contributed by atoms with Crippen molar-refractivity contribution >= 4 is 11.6 Å². The van der Waals surface area contributed by atoms with Crippen molar-refractivity contribution in [2.75, 3.05) is 27.8 Å². The number of methoxy groups -OCH3 is 1. The molecule has 2 atom stereocenters. The highest BCUT2D eigenvalue weighted by Gasteiger charge is 2.36. The summed E-state index contributed by atoms with van der Waals surface area (Å²) in [6.45, 7) is 5.51. The first-order valence-electron chi connectivity index (χ1n) is 6.51. The zero-order valence-electron chi connectivity index (χ0n) is 12.5. The molecule has 0 fully saturated rings. The highest BCUT2D eigenvalue weighted by atomic mass is 35.5. The van der Waals surface area contributed by atoms with Crippen LogP contribution >= 0.6 is 11.6 Å². The molecule has 0 saturated heterocycles. The first-order valence-corrected chi connectivity index (χ1v) is 6.89. The first kappa shape index (κ1) is 16.4. The lowest BCUT2D eigenvalue weighted by Crippen LogP contribution is -2.50. The van der Waals surface area contributed by atoms with Gasteiger partial charge < -0.3 is 15.4 Å². The van der Waals surface area contributed by atoms with Crippen LogP contribution < -0.4 is 5.73 Å². The second-order valence-corrected chi connectivity index (χ2v) is 5.58. The monoisotopic (exact) mass is 288 g/mol. The van der Waals surface area contributed by atoms with Crippen molar-refractivity contribution in [3.05, 3.63) is 16.9 Å². The van der Waals surface area contributed by atoms with E-state index in [9.17, 15) is 0 Å². The molecule has 19 heavy (non-hydrogen) atoms. The molecule has 0 bridgehead atoms. The molecule has 0 radical (unpaired) electrons. The van der Waals surface area contributed by atoms with Gasteiger partial charge in [-0.25, -0.2) is 0 Å². The maximum absolute atomic E-state index is 6.48. The van der Waals surface area contributed by atoms with Gasteiger partial charge in [0.05, 0.1) is 36.1 Å². The summed E-state index contributed by atoms with van der Waals surface area (Å²) in [5.41, 5.74) is 7.17. The van der Waals surface area contributed by atoms with Gasteiger partial charge in [0.25, 0.3) is 0 Å². The van der Waals surface area contributed by atoms with Crippen LogP contribution in [0.5, 0.6) is 0 Å². The average molecular weight is 289 g/mol. The number of hydrogen-bond donors (Lipinski definition) is 1. The van der Waals surface area contributed by atoms with Gasteiger partial charge in [0.2, 0.25) is 0 Å². The summed E-state index contributed by atoms with van der Waals surface area (Å²) < 4.78 is 6.94. The van der Waals surface area contributed by atoms with Crippen molar-refractivity contribution in [3.8, 4) is 0 Å². The Morgan fingerprint density at radius 1 is 1.58 bits per heavy atom. The van der Waals surface area contributed by atoms with Crippen LogP contribution in [0.1, 0.15) is 32.0 Å². The van der Waals surface area contributed by atoms with Crippen LogP contribution in [0.3, 0.4) is 0 Å². The van der Waals surface area contributed by atoms with Gasteiger partial charge in [-0.05, 0) is 27.4 Å². The van der Waals surface area contributed by atoms with Crippen LogP contribution in [0.4, 0.5) is 0 Å². The molecule has 110 valence electrons. The van der Waals surface area contributed by atoms with Crippen molar-refractivity contribution in [1.29, 1.82) is 0 Å². The SMILES string of the molecule is CCC(C)(C(N)c1c(Cl)cnn1CCOC)N(C)C. The molecule has 0 spiro atoms. The van der Waals surface area contributed by atoms with Gasteiger partial charge in [-0.2, -0.15) is 5.10 Å². The van der Waals surface area contributed by atoms with Crippen molar-refractivity contribution in [2.24, 2.45) is 5.73 Å². The second-order valence-electron chi connectivity index (χ2n) is 5.18. The molecule has 0 aliphatic rings. The Balaban J connectivity index is 3.10. The Morgan fingerprint density at radius 2 is 2.21 bits per heavy atom. The highest BCUT2D eigenvalue weighted by molar-refractivity contribution is 6.31. The van der Waals surface area contributed by atoms with Crippen LogP contribution in [-0.2, 0) is 11.3 Å². The van der Waals surface area contributed by atoms with Gasteiger partial charge in [-0.15, -0.1) is 0 Å². The molecule has 1 aromatic rings. The predicted octanol–water partition coefficient (Wildman–Crippen LogP) is 1.91. The Kier molecular flexibility index (Phi) is 5.80. The predicted molar refractivity (Wildman–Crippen MR) is 78.4 cm³/mol. The Morgan fingerprint density at radius 3 is 2.68 bits per heavy atom. The normalized spacial score (nSPS) is 16.6. The maximum atomic E-state index is 6.48. The van der Waals surface area contributed by atoms with Crippen LogP contribution in [0.2, 0.25) is 5.02 Å². The Hall–Kier alpha value is -0.620. The third kappa shape index (κ3) is 3.28. The van der Waals surface area contributed by atoms with E-state index in [2.05, 4.69) is 23.8 Å². The van der Waals surface area contributed by atoms with Gasteiger partial charge in [-0.3, -0.25) is 4.68 Å². The number of nitrogens with zero attached hydrogens (tertiary/aromatic N) is 3. The molecule has 1 rings (SSSR count). The number of halogens is 1. The Labute approximate surface area is 120 Å². The zero-order valence-corrected chi connectivity index (χ0v) is 13.2.